The van der Waals surface area contributed by atoms with E-state index < -0.39 is 24.1 Å². The van der Waals surface area contributed by atoms with Crippen molar-refractivity contribution in [3.05, 3.63) is 54.3 Å². The van der Waals surface area contributed by atoms with Crippen LogP contribution in [-0.2, 0) is 9.59 Å². The number of carbonyl (C=O) groups excluding carboxylic acids is 2. The average Bonchev–Trinajstić information content (AvgIpc) is 2.61. The van der Waals surface area contributed by atoms with Crippen LogP contribution in [0.3, 0.4) is 0 Å². The van der Waals surface area contributed by atoms with Crippen LogP contribution in [0.1, 0.15) is 6.42 Å². The third kappa shape index (κ3) is 6.14. The van der Waals surface area contributed by atoms with E-state index in [4.69, 9.17) is 9.47 Å². The van der Waals surface area contributed by atoms with Gasteiger partial charge in [-0.2, -0.15) is 0 Å². The smallest absolute Gasteiger partial charge is 0.233 e. The highest BCUT2D eigenvalue weighted by Crippen LogP contribution is 2.16. The Morgan fingerprint density at radius 1 is 1.00 bits per heavy atom. The lowest BCUT2D eigenvalue weighted by atomic mass is 10.3. The molecule has 6 nitrogen and oxygen atoms in total. The topological polar surface area (TPSA) is 76.7 Å². The summed E-state index contributed by atoms with van der Waals surface area (Å²) < 4.78 is 23.9. The van der Waals surface area contributed by atoms with E-state index >= 15 is 0 Å². The molecular formula is C18H19FN2O4. The first-order valence-electron chi connectivity index (χ1n) is 7.66. The van der Waals surface area contributed by atoms with E-state index in [1.165, 1.54) is 18.2 Å². The van der Waals surface area contributed by atoms with E-state index in [0.717, 1.165) is 5.75 Å². The Morgan fingerprint density at radius 2 is 1.68 bits per heavy atom. The molecule has 0 heterocycles. The number of amides is 2. The second-order valence-corrected chi connectivity index (χ2v) is 5.08. The number of methoxy groups -OCH3 is 1. The van der Waals surface area contributed by atoms with E-state index in [9.17, 15) is 14.0 Å². The highest BCUT2D eigenvalue weighted by atomic mass is 19.1. The zero-order chi connectivity index (χ0) is 18.1. The van der Waals surface area contributed by atoms with Crippen LogP contribution in [0.25, 0.3) is 0 Å². The van der Waals surface area contributed by atoms with Crippen molar-refractivity contribution in [3.63, 3.8) is 0 Å². The molecule has 0 aliphatic carbocycles. The molecule has 0 spiro atoms. The van der Waals surface area contributed by atoms with E-state index in [0.29, 0.717) is 5.75 Å². The van der Waals surface area contributed by atoms with Crippen LogP contribution in [0.2, 0.25) is 0 Å². The summed E-state index contributed by atoms with van der Waals surface area (Å²) in [6.45, 7) is 0.505. The number of rotatable bonds is 8. The molecule has 0 saturated carbocycles. The van der Waals surface area contributed by atoms with Crippen LogP contribution in [0.4, 0.5) is 10.1 Å². The molecule has 25 heavy (non-hydrogen) atoms. The van der Waals surface area contributed by atoms with Crippen LogP contribution < -0.4 is 20.1 Å². The van der Waals surface area contributed by atoms with Gasteiger partial charge in [0.05, 0.1) is 19.3 Å². The van der Waals surface area contributed by atoms with Crippen LogP contribution in [-0.4, -0.2) is 32.1 Å². The quantitative estimate of drug-likeness (QED) is 0.568. The summed E-state index contributed by atoms with van der Waals surface area (Å²) >= 11 is 0. The normalized spacial score (nSPS) is 10.0. The van der Waals surface area contributed by atoms with Crippen LogP contribution in [0.5, 0.6) is 11.5 Å². The SMILES string of the molecule is COc1ccc(OCCNC(=O)CC(=O)Nc2ccccc2F)cc1. The molecule has 2 amide bonds. The average molecular weight is 346 g/mol. The van der Waals surface area contributed by atoms with Crippen molar-refractivity contribution in [3.8, 4) is 11.5 Å². The molecule has 0 aliphatic rings. The molecule has 0 saturated heterocycles. The van der Waals surface area contributed by atoms with Gasteiger partial charge in [0.25, 0.3) is 0 Å². The zero-order valence-electron chi connectivity index (χ0n) is 13.8. The first-order valence-corrected chi connectivity index (χ1v) is 7.66. The summed E-state index contributed by atoms with van der Waals surface area (Å²) in [5.74, 6) is -0.233. The number of halogens is 1. The highest BCUT2D eigenvalue weighted by molar-refractivity contribution is 6.03. The molecule has 0 bridgehead atoms. The number of ether oxygens (including phenoxy) is 2. The minimum atomic E-state index is -0.585. The Hall–Kier alpha value is -3.09. The zero-order valence-corrected chi connectivity index (χ0v) is 13.8. The number of carbonyl (C=O) groups is 2. The molecule has 0 atom stereocenters. The lowest BCUT2D eigenvalue weighted by molar-refractivity contribution is -0.126. The molecule has 2 rings (SSSR count). The summed E-state index contributed by atoms with van der Waals surface area (Å²) in [6.07, 6.45) is -0.392. The van der Waals surface area contributed by atoms with Gasteiger partial charge < -0.3 is 20.1 Å². The minimum absolute atomic E-state index is 0.0446. The fraction of sp³-hybridized carbons (Fsp3) is 0.222. The van der Waals surface area contributed by atoms with Crippen molar-refractivity contribution >= 4 is 17.5 Å². The Balaban J connectivity index is 1.66. The van der Waals surface area contributed by atoms with Crippen LogP contribution in [0, 0.1) is 5.82 Å². The fourth-order valence-corrected chi connectivity index (χ4v) is 2.00. The highest BCUT2D eigenvalue weighted by Gasteiger charge is 2.11. The molecule has 132 valence electrons. The van der Waals surface area contributed by atoms with E-state index in [1.54, 1.807) is 37.4 Å². The largest absolute Gasteiger partial charge is 0.497 e. The van der Waals surface area contributed by atoms with Crippen LogP contribution in [0.15, 0.2) is 48.5 Å². The molecule has 0 fully saturated rings. The molecular weight excluding hydrogens is 327 g/mol. The number of para-hydroxylation sites is 1. The van der Waals surface area contributed by atoms with Crippen molar-refractivity contribution in [1.82, 2.24) is 5.32 Å². The monoisotopic (exact) mass is 346 g/mol. The van der Waals surface area contributed by atoms with Crippen molar-refractivity contribution in [2.75, 3.05) is 25.6 Å². The molecule has 0 unspecified atom stereocenters. The molecule has 7 heteroatoms. The Bertz CT molecular complexity index is 719. The van der Waals surface area contributed by atoms with Gasteiger partial charge in [0.1, 0.15) is 30.3 Å². The standard InChI is InChI=1S/C18H19FN2O4/c1-24-13-6-8-14(9-7-13)25-11-10-20-17(22)12-18(23)21-16-5-3-2-4-15(16)19/h2-9H,10-12H2,1H3,(H,20,22)(H,21,23). The van der Waals surface area contributed by atoms with Crippen molar-refractivity contribution < 1.29 is 23.5 Å². The Kier molecular flexibility index (Phi) is 6.76. The van der Waals surface area contributed by atoms with Crippen molar-refractivity contribution in [1.29, 1.82) is 0 Å². The van der Waals surface area contributed by atoms with Crippen LogP contribution >= 0.6 is 0 Å². The summed E-state index contributed by atoms with van der Waals surface area (Å²) in [4.78, 5) is 23.4. The molecule has 2 aromatic rings. The Labute approximate surface area is 144 Å². The van der Waals surface area contributed by atoms with Crippen molar-refractivity contribution in [2.45, 2.75) is 6.42 Å². The third-order valence-electron chi connectivity index (χ3n) is 3.22. The van der Waals surface area contributed by atoms with Gasteiger partial charge in [-0.15, -0.1) is 0 Å². The summed E-state index contributed by atoms with van der Waals surface area (Å²) in [6, 6.07) is 12.8. The van der Waals surface area contributed by atoms with Gasteiger partial charge in [-0.3, -0.25) is 9.59 Å². The molecule has 0 radical (unpaired) electrons. The maximum atomic E-state index is 13.4. The second-order valence-electron chi connectivity index (χ2n) is 5.08. The first-order chi connectivity index (χ1) is 12.1. The lowest BCUT2D eigenvalue weighted by Crippen LogP contribution is -2.31. The Morgan fingerprint density at radius 3 is 2.36 bits per heavy atom. The summed E-state index contributed by atoms with van der Waals surface area (Å²) in [5, 5.41) is 4.91. The number of anilines is 1. The van der Waals surface area contributed by atoms with Gasteiger partial charge in [-0.25, -0.2) is 4.39 Å². The first kappa shape index (κ1) is 18.3. The third-order valence-corrected chi connectivity index (χ3v) is 3.22. The van der Waals surface area contributed by atoms with E-state index in [1.807, 2.05) is 0 Å². The molecule has 0 aliphatic heterocycles. The van der Waals surface area contributed by atoms with Gasteiger partial charge in [-0.05, 0) is 36.4 Å². The van der Waals surface area contributed by atoms with Gasteiger partial charge in [0, 0.05) is 0 Å². The summed E-state index contributed by atoms with van der Waals surface area (Å²) in [5.41, 5.74) is 0.0446. The van der Waals surface area contributed by atoms with E-state index in [2.05, 4.69) is 10.6 Å². The van der Waals surface area contributed by atoms with Gasteiger partial charge in [0.2, 0.25) is 11.8 Å². The summed E-state index contributed by atoms with van der Waals surface area (Å²) in [7, 11) is 1.58. The predicted molar refractivity (Wildman–Crippen MR) is 91.1 cm³/mol. The van der Waals surface area contributed by atoms with Gasteiger partial charge in [0.15, 0.2) is 0 Å². The number of hydrogen-bond donors (Lipinski definition) is 2. The van der Waals surface area contributed by atoms with E-state index in [-0.39, 0.29) is 18.8 Å². The van der Waals surface area contributed by atoms with Gasteiger partial charge in [-0.1, -0.05) is 12.1 Å². The number of nitrogens with one attached hydrogen (secondary N) is 2. The fourth-order valence-electron chi connectivity index (χ4n) is 2.00. The molecule has 2 N–H and O–H groups in total. The maximum absolute atomic E-state index is 13.4. The van der Waals surface area contributed by atoms with Gasteiger partial charge >= 0.3 is 0 Å². The number of hydrogen-bond acceptors (Lipinski definition) is 4. The predicted octanol–water partition coefficient (Wildman–Crippen LogP) is 2.36. The molecule has 2 aromatic carbocycles. The second kappa shape index (κ2) is 9.27. The van der Waals surface area contributed by atoms with Crippen molar-refractivity contribution in [2.24, 2.45) is 0 Å². The maximum Gasteiger partial charge on any atom is 0.233 e. The number of benzene rings is 2. The minimum Gasteiger partial charge on any atom is -0.497 e. The molecule has 0 aromatic heterocycles. The lowest BCUT2D eigenvalue weighted by Gasteiger charge is -2.09.